The molecule has 0 spiro atoms. The largest absolute Gasteiger partial charge is 0.481 e. The molecule has 2 atom stereocenters. The van der Waals surface area contributed by atoms with E-state index >= 15 is 0 Å². The van der Waals surface area contributed by atoms with Gasteiger partial charge in [0.25, 0.3) is 0 Å². The quantitative estimate of drug-likeness (QED) is 0.643. The second-order valence-electron chi connectivity index (χ2n) is 5.85. The van der Waals surface area contributed by atoms with Crippen molar-refractivity contribution in [1.82, 2.24) is 0 Å². The highest BCUT2D eigenvalue weighted by molar-refractivity contribution is 6.30. The number of rotatable bonds is 5. The Hall–Kier alpha value is -1.59. The van der Waals surface area contributed by atoms with Crippen molar-refractivity contribution in [1.29, 1.82) is 0 Å². The first-order valence-corrected chi connectivity index (χ1v) is 6.93. The molecule has 0 aliphatic rings. The number of esters is 1. The zero-order valence-electron chi connectivity index (χ0n) is 12.3. The monoisotopic (exact) mass is 313 g/mol. The minimum Gasteiger partial charge on any atom is -0.481 e. The topological polar surface area (TPSA) is 89.6 Å². The van der Waals surface area contributed by atoms with Crippen LogP contribution in [0.5, 0.6) is 0 Å². The van der Waals surface area contributed by atoms with E-state index in [-0.39, 0.29) is 6.42 Å². The highest BCUT2D eigenvalue weighted by Gasteiger charge is 2.36. The zero-order valence-corrected chi connectivity index (χ0v) is 13.1. The highest BCUT2D eigenvalue weighted by atomic mass is 35.5. The first-order chi connectivity index (χ1) is 9.60. The van der Waals surface area contributed by atoms with Crippen molar-refractivity contribution in [2.75, 3.05) is 0 Å². The lowest BCUT2D eigenvalue weighted by Gasteiger charge is -2.25. The van der Waals surface area contributed by atoms with Gasteiger partial charge in [0, 0.05) is 11.1 Å². The summed E-state index contributed by atoms with van der Waals surface area (Å²) in [4.78, 5) is 23.3. The van der Waals surface area contributed by atoms with Gasteiger partial charge in [-0.25, -0.2) is 0 Å². The SMILES string of the molecule is CC(C)(C)OC(=O)[C@@H](C(=O)O)[C@@H](N)Cc1cccc(Cl)c1. The Balaban J connectivity index is 2.85. The van der Waals surface area contributed by atoms with Crippen molar-refractivity contribution in [3.8, 4) is 0 Å². The summed E-state index contributed by atoms with van der Waals surface area (Å²) < 4.78 is 5.12. The summed E-state index contributed by atoms with van der Waals surface area (Å²) in [5.41, 5.74) is 5.90. The van der Waals surface area contributed by atoms with Crippen molar-refractivity contribution in [2.45, 2.75) is 38.8 Å². The predicted octanol–water partition coefficient (Wildman–Crippen LogP) is 2.25. The molecule has 0 amide bonds. The molecule has 5 nitrogen and oxygen atoms in total. The van der Waals surface area contributed by atoms with Gasteiger partial charge in [-0.2, -0.15) is 0 Å². The minimum atomic E-state index is -1.41. The van der Waals surface area contributed by atoms with E-state index in [0.29, 0.717) is 5.02 Å². The van der Waals surface area contributed by atoms with Gasteiger partial charge in [0.15, 0.2) is 5.92 Å². The second kappa shape index (κ2) is 6.91. The lowest BCUT2D eigenvalue weighted by atomic mass is 9.94. The standard InChI is InChI=1S/C15H20ClNO4/c1-15(2,3)21-14(20)12(13(18)19)11(17)8-9-5-4-6-10(16)7-9/h4-7,11-12H,8,17H2,1-3H3,(H,18,19)/t11-,12+/m0/s1. The molecular weight excluding hydrogens is 294 g/mol. The van der Waals surface area contributed by atoms with Crippen molar-refractivity contribution in [3.05, 3.63) is 34.9 Å². The average molecular weight is 314 g/mol. The van der Waals surface area contributed by atoms with E-state index in [1.54, 1.807) is 45.0 Å². The number of benzene rings is 1. The highest BCUT2D eigenvalue weighted by Crippen LogP contribution is 2.18. The lowest BCUT2D eigenvalue weighted by molar-refractivity contribution is -0.167. The maximum atomic E-state index is 12.0. The van der Waals surface area contributed by atoms with E-state index in [4.69, 9.17) is 22.1 Å². The van der Waals surface area contributed by atoms with Crippen molar-refractivity contribution in [3.63, 3.8) is 0 Å². The van der Waals surface area contributed by atoms with E-state index in [1.807, 2.05) is 0 Å². The van der Waals surface area contributed by atoms with Crippen LogP contribution in [-0.4, -0.2) is 28.7 Å². The first kappa shape index (κ1) is 17.5. The fraction of sp³-hybridized carbons (Fsp3) is 0.467. The van der Waals surface area contributed by atoms with E-state index < -0.39 is 29.5 Å². The van der Waals surface area contributed by atoms with Gasteiger partial charge in [-0.15, -0.1) is 0 Å². The van der Waals surface area contributed by atoms with E-state index in [9.17, 15) is 14.7 Å². The van der Waals surface area contributed by atoms with Gasteiger partial charge in [-0.3, -0.25) is 9.59 Å². The fourth-order valence-corrected chi connectivity index (χ4v) is 2.09. The third-order valence-corrected chi connectivity index (χ3v) is 2.95. The molecule has 116 valence electrons. The predicted molar refractivity (Wildman–Crippen MR) is 80.1 cm³/mol. The molecule has 0 radical (unpaired) electrons. The van der Waals surface area contributed by atoms with E-state index in [2.05, 4.69) is 0 Å². The van der Waals surface area contributed by atoms with Crippen LogP contribution >= 0.6 is 11.6 Å². The maximum absolute atomic E-state index is 12.0. The molecule has 0 aliphatic carbocycles. The Kier molecular flexibility index (Phi) is 5.75. The summed E-state index contributed by atoms with van der Waals surface area (Å²) in [5.74, 6) is -3.54. The van der Waals surface area contributed by atoms with Crippen molar-refractivity contribution >= 4 is 23.5 Å². The molecule has 1 rings (SSSR count). The molecule has 0 aliphatic heterocycles. The summed E-state index contributed by atoms with van der Waals surface area (Å²) in [7, 11) is 0. The fourth-order valence-electron chi connectivity index (χ4n) is 1.88. The number of ether oxygens (including phenoxy) is 1. The van der Waals surface area contributed by atoms with Gasteiger partial charge in [-0.05, 0) is 44.9 Å². The van der Waals surface area contributed by atoms with Gasteiger partial charge in [0.05, 0.1) is 0 Å². The van der Waals surface area contributed by atoms with E-state index in [1.165, 1.54) is 0 Å². The second-order valence-corrected chi connectivity index (χ2v) is 6.28. The van der Waals surface area contributed by atoms with Crippen molar-refractivity contribution < 1.29 is 19.4 Å². The van der Waals surface area contributed by atoms with Gasteiger partial charge >= 0.3 is 11.9 Å². The lowest BCUT2D eigenvalue weighted by Crippen LogP contribution is -2.45. The first-order valence-electron chi connectivity index (χ1n) is 6.56. The molecule has 1 aromatic rings. The number of halogens is 1. The molecule has 0 heterocycles. The molecule has 6 heteroatoms. The third-order valence-electron chi connectivity index (χ3n) is 2.72. The van der Waals surface area contributed by atoms with Crippen LogP contribution in [0.3, 0.4) is 0 Å². The normalized spacial score (nSPS) is 14.3. The summed E-state index contributed by atoms with van der Waals surface area (Å²) >= 11 is 5.87. The molecule has 3 N–H and O–H groups in total. The van der Waals surface area contributed by atoms with Gasteiger partial charge in [-0.1, -0.05) is 23.7 Å². The van der Waals surface area contributed by atoms with Crippen LogP contribution in [0.15, 0.2) is 24.3 Å². The molecule has 0 unspecified atom stereocenters. The number of carbonyl (C=O) groups excluding carboxylic acids is 1. The maximum Gasteiger partial charge on any atom is 0.322 e. The molecule has 0 fully saturated rings. The average Bonchev–Trinajstić information content (AvgIpc) is 2.25. The number of carbonyl (C=O) groups is 2. The minimum absolute atomic E-state index is 0.219. The Morgan fingerprint density at radius 3 is 2.48 bits per heavy atom. The number of nitrogens with two attached hydrogens (primary N) is 1. The third kappa shape index (κ3) is 5.73. The molecule has 0 saturated carbocycles. The zero-order chi connectivity index (χ0) is 16.2. The Morgan fingerprint density at radius 2 is 2.00 bits per heavy atom. The number of carboxylic acid groups (broad SMARTS) is 1. The summed E-state index contributed by atoms with van der Waals surface area (Å²) in [6.07, 6.45) is 0.219. The Bertz CT molecular complexity index is 525. The van der Waals surface area contributed by atoms with Crippen LogP contribution < -0.4 is 5.73 Å². The molecule has 1 aromatic carbocycles. The number of hydrogen-bond donors (Lipinski definition) is 2. The smallest absolute Gasteiger partial charge is 0.322 e. The molecule has 0 saturated heterocycles. The van der Waals surface area contributed by atoms with Crippen LogP contribution in [0.2, 0.25) is 5.02 Å². The number of carboxylic acids is 1. The summed E-state index contributed by atoms with van der Waals surface area (Å²) in [5, 5.41) is 9.77. The summed E-state index contributed by atoms with van der Waals surface area (Å²) in [6, 6.07) is 6.03. The Morgan fingerprint density at radius 1 is 1.38 bits per heavy atom. The molecular formula is C15H20ClNO4. The van der Waals surface area contributed by atoms with Crippen LogP contribution in [0.1, 0.15) is 26.3 Å². The number of hydrogen-bond acceptors (Lipinski definition) is 4. The van der Waals surface area contributed by atoms with Crippen LogP contribution in [0.4, 0.5) is 0 Å². The Labute approximate surface area is 129 Å². The number of aliphatic carboxylic acids is 1. The van der Waals surface area contributed by atoms with Crippen molar-refractivity contribution in [2.24, 2.45) is 11.7 Å². The van der Waals surface area contributed by atoms with Gasteiger partial charge in [0.1, 0.15) is 5.60 Å². The summed E-state index contributed by atoms with van der Waals surface area (Å²) in [6.45, 7) is 5.02. The van der Waals surface area contributed by atoms with Crippen LogP contribution in [0, 0.1) is 5.92 Å². The van der Waals surface area contributed by atoms with Gasteiger partial charge in [0.2, 0.25) is 0 Å². The van der Waals surface area contributed by atoms with Crippen LogP contribution in [-0.2, 0) is 20.7 Å². The van der Waals surface area contributed by atoms with E-state index in [0.717, 1.165) is 5.56 Å². The molecule has 0 bridgehead atoms. The molecule has 0 aromatic heterocycles. The van der Waals surface area contributed by atoms with Gasteiger partial charge < -0.3 is 15.6 Å². The molecule has 21 heavy (non-hydrogen) atoms. The van der Waals surface area contributed by atoms with Crippen LogP contribution in [0.25, 0.3) is 0 Å².